The van der Waals surface area contributed by atoms with Gasteiger partial charge in [-0.1, -0.05) is 37.8 Å². The Balaban J connectivity index is 2.87. The zero-order chi connectivity index (χ0) is 13.4. The van der Waals surface area contributed by atoms with Crippen molar-refractivity contribution in [2.75, 3.05) is 11.9 Å². The van der Waals surface area contributed by atoms with E-state index in [-0.39, 0.29) is 11.8 Å². The second-order valence-electron chi connectivity index (χ2n) is 4.05. The highest BCUT2D eigenvalue weighted by atomic mass is 16.1. The Labute approximate surface area is 109 Å². The maximum Gasteiger partial charge on any atom is 0.227 e. The molecule has 3 N–H and O–H groups in total. The van der Waals surface area contributed by atoms with Gasteiger partial charge in [-0.3, -0.25) is 4.79 Å². The summed E-state index contributed by atoms with van der Waals surface area (Å²) in [5.74, 6) is 5.88. The van der Waals surface area contributed by atoms with Gasteiger partial charge in [0.05, 0.1) is 12.2 Å². The van der Waals surface area contributed by atoms with Gasteiger partial charge in [-0.25, -0.2) is 0 Å². The summed E-state index contributed by atoms with van der Waals surface area (Å²) in [4.78, 5) is 12.0. The molecule has 0 atom stereocenters. The minimum atomic E-state index is 0.0560. The second-order valence-corrected chi connectivity index (χ2v) is 4.05. The van der Waals surface area contributed by atoms with Gasteiger partial charge in [0, 0.05) is 11.5 Å². The Bertz CT molecular complexity index is 453. The quantitative estimate of drug-likeness (QED) is 0.799. The molecule has 0 saturated heterocycles. The molecule has 0 fully saturated rings. The lowest BCUT2D eigenvalue weighted by molar-refractivity contribution is -0.120. The van der Waals surface area contributed by atoms with Crippen molar-refractivity contribution in [3.63, 3.8) is 0 Å². The maximum atomic E-state index is 12.0. The smallest absolute Gasteiger partial charge is 0.227 e. The summed E-state index contributed by atoms with van der Waals surface area (Å²) in [6, 6.07) is 7.52. The molecular weight excluding hydrogens is 224 g/mol. The van der Waals surface area contributed by atoms with E-state index in [1.54, 1.807) is 0 Å². The molecule has 1 rings (SSSR count). The maximum absolute atomic E-state index is 12.0. The number of benzene rings is 1. The molecule has 96 valence electrons. The third kappa shape index (κ3) is 3.90. The van der Waals surface area contributed by atoms with Crippen molar-refractivity contribution < 1.29 is 4.79 Å². The number of hydrogen-bond donors (Lipinski definition) is 2. The summed E-state index contributed by atoms with van der Waals surface area (Å²) in [6.45, 7) is 4.36. The van der Waals surface area contributed by atoms with Crippen LogP contribution in [0.25, 0.3) is 0 Å². The van der Waals surface area contributed by atoms with Crippen molar-refractivity contribution in [3.8, 4) is 11.8 Å². The molecule has 0 aromatic heterocycles. The van der Waals surface area contributed by atoms with E-state index < -0.39 is 0 Å². The molecule has 0 aliphatic carbocycles. The molecule has 0 aliphatic heterocycles. The molecular formula is C15H20N2O. The Morgan fingerprint density at radius 1 is 1.33 bits per heavy atom. The number of nitrogens with one attached hydrogen (secondary N) is 1. The summed E-state index contributed by atoms with van der Waals surface area (Å²) in [7, 11) is 0. The minimum absolute atomic E-state index is 0.0560. The van der Waals surface area contributed by atoms with E-state index in [0.29, 0.717) is 6.54 Å². The summed E-state index contributed by atoms with van der Waals surface area (Å²) in [6.07, 6.45) is 1.69. The number of carbonyl (C=O) groups excluding carboxylic acids is 1. The van der Waals surface area contributed by atoms with Crippen molar-refractivity contribution in [1.82, 2.24) is 0 Å². The summed E-state index contributed by atoms with van der Waals surface area (Å²) in [5, 5.41) is 2.94. The molecule has 0 heterocycles. The number of hydrogen-bond acceptors (Lipinski definition) is 2. The van der Waals surface area contributed by atoms with Gasteiger partial charge >= 0.3 is 0 Å². The molecule has 0 aliphatic rings. The van der Waals surface area contributed by atoms with Crippen LogP contribution in [0.1, 0.15) is 32.3 Å². The second kappa shape index (κ2) is 7.52. The SMILES string of the molecule is CCC(CC)C(=O)Nc1ccccc1C#CCN. The first-order chi connectivity index (χ1) is 8.72. The predicted molar refractivity (Wildman–Crippen MR) is 75.1 cm³/mol. The molecule has 0 unspecified atom stereocenters. The van der Waals surface area contributed by atoms with Crippen molar-refractivity contribution in [2.24, 2.45) is 11.7 Å². The number of carbonyl (C=O) groups is 1. The number of anilines is 1. The van der Waals surface area contributed by atoms with E-state index in [2.05, 4.69) is 17.2 Å². The number of para-hydroxylation sites is 1. The highest BCUT2D eigenvalue weighted by Gasteiger charge is 2.14. The number of nitrogens with two attached hydrogens (primary N) is 1. The zero-order valence-corrected chi connectivity index (χ0v) is 11.0. The third-order valence-electron chi connectivity index (χ3n) is 2.87. The lowest BCUT2D eigenvalue weighted by Crippen LogP contribution is -2.22. The molecule has 0 saturated carbocycles. The van der Waals surface area contributed by atoms with Crippen LogP contribution < -0.4 is 11.1 Å². The topological polar surface area (TPSA) is 55.1 Å². The Morgan fingerprint density at radius 3 is 2.61 bits per heavy atom. The first kappa shape index (κ1) is 14.3. The van der Waals surface area contributed by atoms with Gasteiger partial charge in [0.15, 0.2) is 0 Å². The fourth-order valence-electron chi connectivity index (χ4n) is 1.74. The van der Waals surface area contributed by atoms with E-state index in [0.717, 1.165) is 24.1 Å². The van der Waals surface area contributed by atoms with Crippen LogP contribution in [0.15, 0.2) is 24.3 Å². The lowest BCUT2D eigenvalue weighted by atomic mass is 10.0. The van der Waals surface area contributed by atoms with Crippen LogP contribution in [0.5, 0.6) is 0 Å². The summed E-state index contributed by atoms with van der Waals surface area (Å²) < 4.78 is 0. The number of rotatable bonds is 4. The van der Waals surface area contributed by atoms with E-state index in [4.69, 9.17) is 5.73 Å². The standard InChI is InChI=1S/C15H20N2O/c1-3-12(4-2)15(18)17-14-10-6-5-8-13(14)9-7-11-16/h5-6,8,10,12H,3-4,11,16H2,1-2H3,(H,17,18). The Hall–Kier alpha value is -1.79. The molecule has 1 aromatic carbocycles. The Morgan fingerprint density at radius 2 is 2.00 bits per heavy atom. The summed E-state index contributed by atoms with van der Waals surface area (Å²) in [5.41, 5.74) is 6.93. The van der Waals surface area contributed by atoms with Crippen molar-refractivity contribution in [3.05, 3.63) is 29.8 Å². The predicted octanol–water partition coefficient (Wildman–Crippen LogP) is 2.37. The van der Waals surface area contributed by atoms with E-state index >= 15 is 0 Å². The van der Waals surface area contributed by atoms with Crippen molar-refractivity contribution in [1.29, 1.82) is 0 Å². The van der Waals surface area contributed by atoms with Gasteiger partial charge < -0.3 is 11.1 Å². The normalized spacial score (nSPS) is 9.78. The van der Waals surface area contributed by atoms with Crippen molar-refractivity contribution >= 4 is 11.6 Å². The van der Waals surface area contributed by atoms with Gasteiger partial charge in [-0.15, -0.1) is 0 Å². The first-order valence-corrected chi connectivity index (χ1v) is 6.31. The van der Waals surface area contributed by atoms with E-state index in [9.17, 15) is 4.79 Å². The third-order valence-corrected chi connectivity index (χ3v) is 2.87. The fraction of sp³-hybridized carbons (Fsp3) is 0.400. The molecule has 3 nitrogen and oxygen atoms in total. The van der Waals surface area contributed by atoms with Crippen molar-refractivity contribution in [2.45, 2.75) is 26.7 Å². The van der Waals surface area contributed by atoms with Crippen LogP contribution in [0.2, 0.25) is 0 Å². The molecule has 0 bridgehead atoms. The van der Waals surface area contributed by atoms with Crippen LogP contribution in [0.4, 0.5) is 5.69 Å². The minimum Gasteiger partial charge on any atom is -0.325 e. The molecule has 1 aromatic rings. The lowest BCUT2D eigenvalue weighted by Gasteiger charge is -2.13. The largest absolute Gasteiger partial charge is 0.325 e. The van der Waals surface area contributed by atoms with Gasteiger partial charge in [0.1, 0.15) is 0 Å². The molecule has 0 spiro atoms. The van der Waals surface area contributed by atoms with Crippen LogP contribution in [0.3, 0.4) is 0 Å². The van der Waals surface area contributed by atoms with Gasteiger partial charge in [-0.05, 0) is 25.0 Å². The number of amides is 1. The average Bonchev–Trinajstić information content (AvgIpc) is 2.39. The molecule has 1 amide bonds. The molecule has 18 heavy (non-hydrogen) atoms. The zero-order valence-electron chi connectivity index (χ0n) is 11.0. The molecule has 3 heteroatoms. The highest BCUT2D eigenvalue weighted by Crippen LogP contribution is 2.17. The average molecular weight is 244 g/mol. The van der Waals surface area contributed by atoms with Gasteiger partial charge in [-0.2, -0.15) is 0 Å². The Kier molecular flexibility index (Phi) is 5.96. The van der Waals surface area contributed by atoms with Gasteiger partial charge in [0.2, 0.25) is 5.91 Å². The van der Waals surface area contributed by atoms with Gasteiger partial charge in [0.25, 0.3) is 0 Å². The fourth-order valence-corrected chi connectivity index (χ4v) is 1.74. The molecule has 0 radical (unpaired) electrons. The highest BCUT2D eigenvalue weighted by molar-refractivity contribution is 5.93. The van der Waals surface area contributed by atoms with Crippen LogP contribution >= 0.6 is 0 Å². The summed E-state index contributed by atoms with van der Waals surface area (Å²) >= 11 is 0. The van der Waals surface area contributed by atoms with E-state index in [1.165, 1.54) is 0 Å². The monoisotopic (exact) mass is 244 g/mol. The van der Waals surface area contributed by atoms with E-state index in [1.807, 2.05) is 38.1 Å². The van der Waals surface area contributed by atoms with Crippen LogP contribution in [-0.4, -0.2) is 12.5 Å². The van der Waals surface area contributed by atoms with Crippen LogP contribution in [-0.2, 0) is 4.79 Å². The van der Waals surface area contributed by atoms with Crippen LogP contribution in [0, 0.1) is 17.8 Å². The first-order valence-electron chi connectivity index (χ1n) is 6.31.